The highest BCUT2D eigenvalue weighted by Gasteiger charge is 2.22. The smallest absolute Gasteiger partial charge is 0.201 e. The summed E-state index contributed by atoms with van der Waals surface area (Å²) in [6.45, 7) is 4.68. The van der Waals surface area contributed by atoms with Crippen molar-refractivity contribution in [3.63, 3.8) is 0 Å². The Balaban J connectivity index is 1.94. The number of fused-ring (bicyclic) bond motifs is 1. The van der Waals surface area contributed by atoms with Crippen molar-refractivity contribution in [1.29, 1.82) is 0 Å². The maximum atomic E-state index is 6.16. The van der Waals surface area contributed by atoms with Crippen LogP contribution in [0.3, 0.4) is 0 Å². The van der Waals surface area contributed by atoms with Crippen LogP contribution in [0.25, 0.3) is 11.0 Å². The minimum Gasteiger partial charge on any atom is -0.492 e. The summed E-state index contributed by atoms with van der Waals surface area (Å²) in [5, 5.41) is 0. The van der Waals surface area contributed by atoms with E-state index < -0.39 is 0 Å². The number of hydrogen-bond acceptors (Lipinski definition) is 4. The fraction of sp³-hybridized carbons (Fsp3) is 0.562. The Bertz CT molecular complexity index is 622. The first kappa shape index (κ1) is 14.2. The number of nitrogen functional groups attached to an aromatic ring is 1. The van der Waals surface area contributed by atoms with E-state index in [1.807, 2.05) is 19.1 Å². The van der Waals surface area contributed by atoms with Crippen molar-refractivity contribution in [2.24, 2.45) is 0 Å². The molecule has 1 aromatic carbocycles. The average Bonchev–Trinajstić information content (AvgIpc) is 2.79. The normalized spacial score (nSPS) is 20.0. The van der Waals surface area contributed by atoms with E-state index >= 15 is 0 Å². The Morgan fingerprint density at radius 2 is 2.24 bits per heavy atom. The van der Waals surface area contributed by atoms with E-state index in [4.69, 9.17) is 10.5 Å². The zero-order valence-electron chi connectivity index (χ0n) is 12.9. The van der Waals surface area contributed by atoms with Gasteiger partial charge in [0.05, 0.1) is 12.1 Å². The highest BCUT2D eigenvalue weighted by Crippen LogP contribution is 2.28. The van der Waals surface area contributed by atoms with E-state index in [-0.39, 0.29) is 0 Å². The molecule has 1 fully saturated rings. The van der Waals surface area contributed by atoms with Crippen LogP contribution in [0.2, 0.25) is 0 Å². The molecule has 0 radical (unpaired) electrons. The van der Waals surface area contributed by atoms with Gasteiger partial charge < -0.3 is 19.9 Å². The first-order chi connectivity index (χ1) is 10.2. The lowest BCUT2D eigenvalue weighted by molar-refractivity contribution is 0.169. The van der Waals surface area contributed by atoms with E-state index in [2.05, 4.69) is 27.6 Å². The van der Waals surface area contributed by atoms with Crippen molar-refractivity contribution in [1.82, 2.24) is 14.5 Å². The summed E-state index contributed by atoms with van der Waals surface area (Å²) in [5.74, 6) is 1.40. The van der Waals surface area contributed by atoms with Crippen LogP contribution in [-0.4, -0.2) is 40.7 Å². The molecular weight excluding hydrogens is 264 g/mol. The third-order valence-electron chi connectivity index (χ3n) is 4.39. The highest BCUT2D eigenvalue weighted by molar-refractivity contribution is 5.84. The number of para-hydroxylation sites is 1. The Morgan fingerprint density at radius 1 is 1.38 bits per heavy atom. The van der Waals surface area contributed by atoms with E-state index in [9.17, 15) is 0 Å². The zero-order chi connectivity index (χ0) is 14.8. The van der Waals surface area contributed by atoms with Gasteiger partial charge in [0.25, 0.3) is 0 Å². The first-order valence-corrected chi connectivity index (χ1v) is 7.78. The van der Waals surface area contributed by atoms with Crippen molar-refractivity contribution < 1.29 is 4.74 Å². The van der Waals surface area contributed by atoms with Gasteiger partial charge in [-0.25, -0.2) is 4.98 Å². The number of nitrogens with two attached hydrogens (primary N) is 1. The molecule has 1 aromatic heterocycles. The second-order valence-corrected chi connectivity index (χ2v) is 5.77. The predicted molar refractivity (Wildman–Crippen MR) is 85.6 cm³/mol. The van der Waals surface area contributed by atoms with Crippen LogP contribution < -0.4 is 10.5 Å². The van der Waals surface area contributed by atoms with Crippen molar-refractivity contribution in [2.45, 2.75) is 38.8 Å². The molecule has 1 atom stereocenters. The predicted octanol–water partition coefficient (Wildman–Crippen LogP) is 2.50. The Morgan fingerprint density at radius 3 is 3.00 bits per heavy atom. The summed E-state index contributed by atoms with van der Waals surface area (Å²) in [7, 11) is 2.20. The van der Waals surface area contributed by atoms with Crippen LogP contribution >= 0.6 is 0 Å². The molecule has 0 spiro atoms. The lowest BCUT2D eigenvalue weighted by atomic mass is 10.0. The number of ether oxygens (including phenoxy) is 1. The number of piperidine rings is 1. The molecule has 3 rings (SSSR count). The van der Waals surface area contributed by atoms with Crippen LogP contribution in [0, 0.1) is 0 Å². The molecule has 2 N–H and O–H groups in total. The molecule has 0 aliphatic carbocycles. The number of aromatic nitrogens is 2. The molecule has 0 bridgehead atoms. The number of likely N-dealkylation sites (N-methyl/N-ethyl adjacent to an activating group) is 1. The number of hydrogen-bond donors (Lipinski definition) is 1. The molecule has 5 nitrogen and oxygen atoms in total. The molecule has 0 amide bonds. The summed E-state index contributed by atoms with van der Waals surface area (Å²) in [4.78, 5) is 6.95. The highest BCUT2D eigenvalue weighted by atomic mass is 16.5. The average molecular weight is 288 g/mol. The Labute approximate surface area is 125 Å². The molecule has 21 heavy (non-hydrogen) atoms. The van der Waals surface area contributed by atoms with E-state index in [1.165, 1.54) is 25.8 Å². The van der Waals surface area contributed by atoms with Gasteiger partial charge in [-0.15, -0.1) is 0 Å². The second kappa shape index (κ2) is 5.93. The standard InChI is InChI=1S/C16H24N4O/c1-3-21-14-9-6-8-13-15(14)18-16(17)20(13)11-12-7-4-5-10-19(12)2/h6,8-9,12H,3-5,7,10-11H2,1-2H3,(H2,17,18). The van der Waals surface area contributed by atoms with E-state index in [0.717, 1.165) is 23.3 Å². The van der Waals surface area contributed by atoms with Gasteiger partial charge >= 0.3 is 0 Å². The van der Waals surface area contributed by atoms with E-state index in [1.54, 1.807) is 0 Å². The topological polar surface area (TPSA) is 56.3 Å². The van der Waals surface area contributed by atoms with Crippen LogP contribution in [-0.2, 0) is 6.54 Å². The van der Waals surface area contributed by atoms with Gasteiger partial charge in [-0.2, -0.15) is 0 Å². The molecule has 1 aliphatic heterocycles. The Kier molecular flexibility index (Phi) is 4.01. The van der Waals surface area contributed by atoms with Crippen molar-refractivity contribution >= 4 is 17.0 Å². The maximum Gasteiger partial charge on any atom is 0.201 e. The fourth-order valence-electron chi connectivity index (χ4n) is 3.19. The number of imidazole rings is 1. The molecule has 0 saturated carbocycles. The van der Waals surface area contributed by atoms with Crippen LogP contribution in [0.5, 0.6) is 5.75 Å². The number of benzene rings is 1. The lowest BCUT2D eigenvalue weighted by Gasteiger charge is -2.32. The van der Waals surface area contributed by atoms with Crippen LogP contribution in [0.1, 0.15) is 26.2 Å². The summed E-state index contributed by atoms with van der Waals surface area (Å²) in [5.41, 5.74) is 8.10. The summed E-state index contributed by atoms with van der Waals surface area (Å²) in [6.07, 6.45) is 3.81. The maximum absolute atomic E-state index is 6.16. The number of rotatable bonds is 4. The molecule has 114 valence electrons. The second-order valence-electron chi connectivity index (χ2n) is 5.77. The monoisotopic (exact) mass is 288 g/mol. The molecular formula is C16H24N4O. The molecule has 1 saturated heterocycles. The SMILES string of the molecule is CCOc1cccc2c1nc(N)n2CC1CCCCN1C. The number of nitrogens with zero attached hydrogens (tertiary/aromatic N) is 3. The molecule has 1 aliphatic rings. The van der Waals surface area contributed by atoms with Crippen LogP contribution in [0.4, 0.5) is 5.95 Å². The van der Waals surface area contributed by atoms with Crippen molar-refractivity contribution in [2.75, 3.05) is 25.9 Å². The largest absolute Gasteiger partial charge is 0.492 e. The van der Waals surface area contributed by atoms with Gasteiger partial charge in [0.1, 0.15) is 11.3 Å². The minimum atomic E-state index is 0.536. The van der Waals surface area contributed by atoms with Crippen molar-refractivity contribution in [3.8, 4) is 5.75 Å². The fourth-order valence-corrected chi connectivity index (χ4v) is 3.19. The van der Waals surface area contributed by atoms with Gasteiger partial charge in [0, 0.05) is 12.6 Å². The summed E-state index contributed by atoms with van der Waals surface area (Å²) >= 11 is 0. The first-order valence-electron chi connectivity index (χ1n) is 7.78. The molecule has 2 heterocycles. The molecule has 2 aromatic rings. The minimum absolute atomic E-state index is 0.536. The summed E-state index contributed by atoms with van der Waals surface area (Å²) in [6, 6.07) is 6.57. The van der Waals surface area contributed by atoms with Gasteiger partial charge in [-0.1, -0.05) is 12.5 Å². The number of anilines is 1. The van der Waals surface area contributed by atoms with Gasteiger partial charge in [0.15, 0.2) is 0 Å². The molecule has 5 heteroatoms. The number of likely N-dealkylation sites (tertiary alicyclic amines) is 1. The van der Waals surface area contributed by atoms with Crippen LogP contribution in [0.15, 0.2) is 18.2 Å². The zero-order valence-corrected chi connectivity index (χ0v) is 12.9. The van der Waals surface area contributed by atoms with Crippen molar-refractivity contribution in [3.05, 3.63) is 18.2 Å². The third kappa shape index (κ3) is 2.70. The lowest BCUT2D eigenvalue weighted by Crippen LogP contribution is -2.39. The van der Waals surface area contributed by atoms with Gasteiger partial charge in [-0.3, -0.25) is 0 Å². The van der Waals surface area contributed by atoms with Gasteiger partial charge in [-0.05, 0) is 45.5 Å². The molecule has 1 unspecified atom stereocenters. The summed E-state index contributed by atoms with van der Waals surface area (Å²) < 4.78 is 7.79. The van der Waals surface area contributed by atoms with E-state index in [0.29, 0.717) is 18.6 Å². The Hall–Kier alpha value is -1.75. The third-order valence-corrected chi connectivity index (χ3v) is 4.39. The van der Waals surface area contributed by atoms with Gasteiger partial charge in [0.2, 0.25) is 5.95 Å². The quantitative estimate of drug-likeness (QED) is 0.939.